The van der Waals surface area contributed by atoms with Crippen molar-refractivity contribution < 1.29 is 19.0 Å². The second-order valence-corrected chi connectivity index (χ2v) is 4.47. The molecule has 0 spiro atoms. The summed E-state index contributed by atoms with van der Waals surface area (Å²) < 4.78 is 15.8. The molecule has 90 valence electrons. The lowest BCUT2D eigenvalue weighted by atomic mass is 9.93. The van der Waals surface area contributed by atoms with Gasteiger partial charge in [0.1, 0.15) is 12.9 Å². The Morgan fingerprint density at radius 2 is 2.19 bits per heavy atom. The lowest BCUT2D eigenvalue weighted by Crippen LogP contribution is -2.24. The second-order valence-electron chi connectivity index (χ2n) is 4.47. The molecule has 0 aromatic carbocycles. The Balaban J connectivity index is 1.92. The van der Waals surface area contributed by atoms with Gasteiger partial charge in [-0.1, -0.05) is 6.08 Å². The van der Waals surface area contributed by atoms with Crippen LogP contribution in [0.4, 0.5) is 0 Å². The summed E-state index contributed by atoms with van der Waals surface area (Å²) in [5.41, 5.74) is 0. The fourth-order valence-corrected chi connectivity index (χ4v) is 2.63. The average Bonchev–Trinajstić information content (AvgIpc) is 2.57. The molecule has 0 radical (unpaired) electrons. The molecule has 0 N–H and O–H groups in total. The van der Waals surface area contributed by atoms with E-state index in [1.54, 1.807) is 7.11 Å². The van der Waals surface area contributed by atoms with Crippen LogP contribution in [-0.4, -0.2) is 32.1 Å². The van der Waals surface area contributed by atoms with Crippen molar-refractivity contribution >= 4 is 5.97 Å². The van der Waals surface area contributed by atoms with Crippen LogP contribution in [0.1, 0.15) is 19.8 Å². The van der Waals surface area contributed by atoms with E-state index in [1.807, 2.05) is 6.08 Å². The SMILES string of the molecule is COCO[C@@H]1C[C@H]2C[C@@H]1C=C[C@H]2OC(C)=O. The molecule has 0 heterocycles. The zero-order valence-electron chi connectivity index (χ0n) is 9.72. The number of esters is 1. The second kappa shape index (κ2) is 4.97. The molecule has 0 unspecified atom stereocenters. The third kappa shape index (κ3) is 2.44. The summed E-state index contributed by atoms with van der Waals surface area (Å²) in [4.78, 5) is 10.9. The predicted octanol–water partition coefficient (Wildman–Crippen LogP) is 1.50. The summed E-state index contributed by atoms with van der Waals surface area (Å²) in [7, 11) is 1.62. The van der Waals surface area contributed by atoms with Gasteiger partial charge in [0.15, 0.2) is 0 Å². The first kappa shape index (κ1) is 11.6. The highest BCUT2D eigenvalue weighted by atomic mass is 16.7. The minimum atomic E-state index is -0.214. The summed E-state index contributed by atoms with van der Waals surface area (Å²) in [6, 6.07) is 0. The Hall–Kier alpha value is -0.870. The Labute approximate surface area is 95.6 Å². The van der Waals surface area contributed by atoms with Crippen LogP contribution in [0.2, 0.25) is 0 Å². The average molecular weight is 226 g/mol. The smallest absolute Gasteiger partial charge is 0.303 e. The highest BCUT2D eigenvalue weighted by Crippen LogP contribution is 2.41. The molecule has 16 heavy (non-hydrogen) atoms. The van der Waals surface area contributed by atoms with Gasteiger partial charge < -0.3 is 14.2 Å². The minimum absolute atomic E-state index is 0.0649. The topological polar surface area (TPSA) is 44.8 Å². The summed E-state index contributed by atoms with van der Waals surface area (Å²) in [5, 5.41) is 0. The van der Waals surface area contributed by atoms with E-state index in [0.717, 1.165) is 12.8 Å². The maximum Gasteiger partial charge on any atom is 0.303 e. The Morgan fingerprint density at radius 1 is 1.38 bits per heavy atom. The number of hydrogen-bond donors (Lipinski definition) is 0. The van der Waals surface area contributed by atoms with Gasteiger partial charge in [0, 0.05) is 25.9 Å². The van der Waals surface area contributed by atoms with Gasteiger partial charge in [-0.25, -0.2) is 0 Å². The van der Waals surface area contributed by atoms with E-state index in [0.29, 0.717) is 18.6 Å². The van der Waals surface area contributed by atoms with Crippen LogP contribution >= 0.6 is 0 Å². The first-order valence-electron chi connectivity index (χ1n) is 5.66. The van der Waals surface area contributed by atoms with E-state index in [4.69, 9.17) is 14.2 Å². The first-order chi connectivity index (χ1) is 7.70. The number of carbonyl (C=O) groups is 1. The van der Waals surface area contributed by atoms with E-state index in [2.05, 4.69) is 6.08 Å². The van der Waals surface area contributed by atoms with Gasteiger partial charge in [-0.05, 0) is 18.9 Å². The van der Waals surface area contributed by atoms with Crippen LogP contribution in [0.15, 0.2) is 12.2 Å². The molecule has 2 bridgehead atoms. The fourth-order valence-electron chi connectivity index (χ4n) is 2.63. The van der Waals surface area contributed by atoms with Crippen molar-refractivity contribution in [1.29, 1.82) is 0 Å². The number of rotatable bonds is 4. The van der Waals surface area contributed by atoms with E-state index in [9.17, 15) is 4.79 Å². The van der Waals surface area contributed by atoms with Gasteiger partial charge in [0.05, 0.1) is 6.10 Å². The maximum atomic E-state index is 10.9. The zero-order valence-corrected chi connectivity index (χ0v) is 9.72. The number of ether oxygens (including phenoxy) is 3. The van der Waals surface area contributed by atoms with Crippen molar-refractivity contribution in [2.45, 2.75) is 32.0 Å². The highest BCUT2D eigenvalue weighted by Gasteiger charge is 2.41. The summed E-state index contributed by atoms with van der Waals surface area (Å²) >= 11 is 0. The zero-order chi connectivity index (χ0) is 11.5. The van der Waals surface area contributed by atoms with Crippen molar-refractivity contribution in [2.75, 3.05) is 13.9 Å². The molecule has 4 nitrogen and oxygen atoms in total. The Kier molecular flexibility index (Phi) is 3.61. The molecule has 2 rings (SSSR count). The predicted molar refractivity (Wildman–Crippen MR) is 57.7 cm³/mol. The Morgan fingerprint density at radius 3 is 2.88 bits per heavy atom. The monoisotopic (exact) mass is 226 g/mol. The van der Waals surface area contributed by atoms with Crippen LogP contribution in [0, 0.1) is 11.8 Å². The van der Waals surface area contributed by atoms with Gasteiger partial charge in [0.2, 0.25) is 0 Å². The van der Waals surface area contributed by atoms with Crippen molar-refractivity contribution in [3.63, 3.8) is 0 Å². The lowest BCUT2D eigenvalue weighted by Gasteiger charge is -2.22. The third-order valence-electron chi connectivity index (χ3n) is 3.30. The standard InChI is InChI=1S/C12H18O4/c1-8(13)16-11-4-3-9-5-10(11)6-12(9)15-7-14-2/h3-4,9-12H,5-7H2,1-2H3/t9-,10+,11+,12+/m0/s1. The molecule has 2 aliphatic carbocycles. The molecule has 4 atom stereocenters. The largest absolute Gasteiger partial charge is 0.458 e. The number of fused-ring (bicyclic) bond motifs is 2. The van der Waals surface area contributed by atoms with Gasteiger partial charge in [-0.2, -0.15) is 0 Å². The van der Waals surface area contributed by atoms with E-state index in [-0.39, 0.29) is 18.2 Å². The quantitative estimate of drug-likeness (QED) is 0.414. The number of methoxy groups -OCH3 is 1. The van der Waals surface area contributed by atoms with Crippen LogP contribution in [0.25, 0.3) is 0 Å². The molecule has 1 saturated carbocycles. The molecule has 0 amide bonds. The molecule has 2 aliphatic rings. The van der Waals surface area contributed by atoms with Crippen LogP contribution in [0.5, 0.6) is 0 Å². The van der Waals surface area contributed by atoms with Gasteiger partial charge in [-0.15, -0.1) is 0 Å². The molecule has 1 fully saturated rings. The molecular weight excluding hydrogens is 208 g/mol. The van der Waals surface area contributed by atoms with E-state index < -0.39 is 0 Å². The number of carbonyl (C=O) groups excluding carboxylic acids is 1. The summed E-state index contributed by atoms with van der Waals surface area (Å²) in [5.74, 6) is 0.641. The summed E-state index contributed by atoms with van der Waals surface area (Å²) in [6.45, 7) is 1.79. The first-order valence-corrected chi connectivity index (χ1v) is 5.66. The van der Waals surface area contributed by atoms with Crippen molar-refractivity contribution in [3.8, 4) is 0 Å². The normalized spacial score (nSPS) is 36.4. The maximum absolute atomic E-state index is 10.9. The molecule has 4 heteroatoms. The Bertz CT molecular complexity index is 287. The molecular formula is C12H18O4. The van der Waals surface area contributed by atoms with Crippen LogP contribution < -0.4 is 0 Å². The molecule has 0 saturated heterocycles. The van der Waals surface area contributed by atoms with Crippen LogP contribution in [-0.2, 0) is 19.0 Å². The summed E-state index contributed by atoms with van der Waals surface area (Å²) in [6.07, 6.45) is 6.24. The number of hydrogen-bond acceptors (Lipinski definition) is 4. The molecule has 0 aromatic heterocycles. The van der Waals surface area contributed by atoms with Crippen molar-refractivity contribution in [2.24, 2.45) is 11.8 Å². The van der Waals surface area contributed by atoms with Gasteiger partial charge >= 0.3 is 5.97 Å². The van der Waals surface area contributed by atoms with E-state index in [1.165, 1.54) is 6.92 Å². The molecule has 0 aromatic rings. The third-order valence-corrected chi connectivity index (χ3v) is 3.30. The van der Waals surface area contributed by atoms with Crippen molar-refractivity contribution in [1.82, 2.24) is 0 Å². The fraction of sp³-hybridized carbons (Fsp3) is 0.750. The van der Waals surface area contributed by atoms with Crippen molar-refractivity contribution in [3.05, 3.63) is 12.2 Å². The van der Waals surface area contributed by atoms with Gasteiger partial charge in [-0.3, -0.25) is 4.79 Å². The lowest BCUT2D eigenvalue weighted by molar-refractivity contribution is -0.146. The minimum Gasteiger partial charge on any atom is -0.458 e. The highest BCUT2D eigenvalue weighted by molar-refractivity contribution is 5.66. The van der Waals surface area contributed by atoms with E-state index >= 15 is 0 Å². The van der Waals surface area contributed by atoms with Gasteiger partial charge in [0.25, 0.3) is 0 Å². The molecule has 0 aliphatic heterocycles. The van der Waals surface area contributed by atoms with Crippen LogP contribution in [0.3, 0.4) is 0 Å².